The van der Waals surface area contributed by atoms with Gasteiger partial charge in [-0.3, -0.25) is 14.5 Å². The zero-order valence-electron chi connectivity index (χ0n) is 15.5. The number of carbonyl (C=O) groups is 1. The van der Waals surface area contributed by atoms with Crippen molar-refractivity contribution < 1.29 is 9.53 Å². The Hall–Kier alpha value is -2.17. The maximum absolute atomic E-state index is 12.6. The SMILES string of the molecule is Cc1[nH]c(=O)c(C#N)c(C)c1CCC(=O)N1CCN(C2CCOC2)CC1. The van der Waals surface area contributed by atoms with Gasteiger partial charge >= 0.3 is 0 Å². The van der Waals surface area contributed by atoms with Crippen LogP contribution in [0.2, 0.25) is 0 Å². The lowest BCUT2D eigenvalue weighted by atomic mass is 9.99. The van der Waals surface area contributed by atoms with E-state index in [1.807, 2.05) is 17.9 Å². The van der Waals surface area contributed by atoms with Gasteiger partial charge in [0.25, 0.3) is 5.56 Å². The summed E-state index contributed by atoms with van der Waals surface area (Å²) in [5, 5.41) is 9.15. The van der Waals surface area contributed by atoms with E-state index in [2.05, 4.69) is 9.88 Å². The van der Waals surface area contributed by atoms with Gasteiger partial charge in [0.15, 0.2) is 0 Å². The molecule has 1 aromatic rings. The van der Waals surface area contributed by atoms with Gasteiger partial charge in [0, 0.05) is 50.9 Å². The van der Waals surface area contributed by atoms with Gasteiger partial charge in [0.2, 0.25) is 5.91 Å². The van der Waals surface area contributed by atoms with Crippen LogP contribution < -0.4 is 5.56 Å². The minimum Gasteiger partial charge on any atom is -0.380 e. The topological polar surface area (TPSA) is 89.4 Å². The van der Waals surface area contributed by atoms with Crippen molar-refractivity contribution in [2.24, 2.45) is 0 Å². The van der Waals surface area contributed by atoms with E-state index in [9.17, 15) is 9.59 Å². The first-order chi connectivity index (χ1) is 12.5. The molecule has 3 heterocycles. The van der Waals surface area contributed by atoms with Gasteiger partial charge in [0.05, 0.1) is 6.61 Å². The molecule has 1 aromatic heterocycles. The molecule has 0 aromatic carbocycles. The monoisotopic (exact) mass is 358 g/mol. The van der Waals surface area contributed by atoms with Crippen molar-refractivity contribution in [1.82, 2.24) is 14.8 Å². The molecule has 140 valence electrons. The second kappa shape index (κ2) is 8.02. The Morgan fingerprint density at radius 1 is 1.31 bits per heavy atom. The van der Waals surface area contributed by atoms with E-state index >= 15 is 0 Å². The molecule has 2 saturated heterocycles. The zero-order valence-corrected chi connectivity index (χ0v) is 15.5. The summed E-state index contributed by atoms with van der Waals surface area (Å²) in [4.78, 5) is 31.5. The van der Waals surface area contributed by atoms with Crippen LogP contribution in [0.3, 0.4) is 0 Å². The molecular weight excluding hydrogens is 332 g/mol. The van der Waals surface area contributed by atoms with Crippen LogP contribution in [0.15, 0.2) is 4.79 Å². The number of nitrogens with zero attached hydrogens (tertiary/aromatic N) is 3. The number of nitrogens with one attached hydrogen (secondary N) is 1. The van der Waals surface area contributed by atoms with E-state index in [1.54, 1.807) is 6.92 Å². The third-order valence-electron chi connectivity index (χ3n) is 5.60. The molecule has 2 aliphatic heterocycles. The average molecular weight is 358 g/mol. The largest absolute Gasteiger partial charge is 0.380 e. The first-order valence-corrected chi connectivity index (χ1v) is 9.23. The Kier molecular flexibility index (Phi) is 5.74. The fourth-order valence-corrected chi connectivity index (χ4v) is 3.96. The fourth-order valence-electron chi connectivity index (χ4n) is 3.96. The third-order valence-corrected chi connectivity index (χ3v) is 5.60. The number of aryl methyl sites for hydroxylation is 1. The lowest BCUT2D eigenvalue weighted by molar-refractivity contribution is -0.133. The van der Waals surface area contributed by atoms with E-state index in [1.165, 1.54) is 0 Å². The number of amides is 1. The number of hydrogen-bond donors (Lipinski definition) is 1. The summed E-state index contributed by atoms with van der Waals surface area (Å²) in [6.07, 6.45) is 2.02. The smallest absolute Gasteiger partial charge is 0.266 e. The molecular formula is C19H26N4O3. The predicted octanol–water partition coefficient (Wildman–Crippen LogP) is 0.729. The van der Waals surface area contributed by atoms with E-state index in [0.717, 1.165) is 57.1 Å². The van der Waals surface area contributed by atoms with Crippen LogP contribution in [0.1, 0.15) is 35.2 Å². The van der Waals surface area contributed by atoms with Gasteiger partial charge in [0.1, 0.15) is 11.6 Å². The molecule has 1 N–H and O–H groups in total. The van der Waals surface area contributed by atoms with Crippen molar-refractivity contribution >= 4 is 5.91 Å². The number of rotatable bonds is 4. The predicted molar refractivity (Wildman–Crippen MR) is 96.9 cm³/mol. The Labute approximate surface area is 153 Å². The molecule has 0 saturated carbocycles. The van der Waals surface area contributed by atoms with Gasteiger partial charge in [-0.15, -0.1) is 0 Å². The molecule has 0 spiro atoms. The average Bonchev–Trinajstić information content (AvgIpc) is 3.16. The molecule has 1 amide bonds. The number of ether oxygens (including phenoxy) is 1. The van der Waals surface area contributed by atoms with E-state index in [0.29, 0.717) is 24.4 Å². The summed E-state index contributed by atoms with van der Waals surface area (Å²) in [7, 11) is 0. The zero-order chi connectivity index (χ0) is 18.7. The summed E-state index contributed by atoms with van der Waals surface area (Å²) in [6.45, 7) is 8.54. The quantitative estimate of drug-likeness (QED) is 0.857. The number of carbonyl (C=O) groups excluding carboxylic acids is 1. The van der Waals surface area contributed by atoms with Crippen LogP contribution in [0.25, 0.3) is 0 Å². The highest BCUT2D eigenvalue weighted by atomic mass is 16.5. The van der Waals surface area contributed by atoms with Crippen molar-refractivity contribution in [3.8, 4) is 6.07 Å². The molecule has 0 aliphatic carbocycles. The highest BCUT2D eigenvalue weighted by Gasteiger charge is 2.28. The highest BCUT2D eigenvalue weighted by molar-refractivity contribution is 5.76. The summed E-state index contributed by atoms with van der Waals surface area (Å²) in [5.74, 6) is 0.135. The Bertz CT molecular complexity index is 766. The number of piperazine rings is 1. The molecule has 0 radical (unpaired) electrons. The van der Waals surface area contributed by atoms with Crippen LogP contribution in [-0.4, -0.2) is 66.1 Å². The number of H-pyrrole nitrogens is 1. The van der Waals surface area contributed by atoms with Crippen molar-refractivity contribution in [3.63, 3.8) is 0 Å². The first-order valence-electron chi connectivity index (χ1n) is 9.23. The molecule has 7 nitrogen and oxygen atoms in total. The lowest BCUT2D eigenvalue weighted by Crippen LogP contribution is -2.52. The van der Waals surface area contributed by atoms with Gasteiger partial charge in [-0.25, -0.2) is 0 Å². The standard InChI is InChI=1S/C19H26N4O3/c1-13-16(14(2)21-19(25)17(13)11-20)3-4-18(24)23-8-6-22(7-9-23)15-5-10-26-12-15/h15H,3-10,12H2,1-2H3,(H,21,25). The third kappa shape index (κ3) is 3.81. The second-order valence-electron chi connectivity index (χ2n) is 7.10. The number of nitriles is 1. The van der Waals surface area contributed by atoms with Crippen LogP contribution in [0, 0.1) is 25.2 Å². The summed E-state index contributed by atoms with van der Waals surface area (Å²) >= 11 is 0. The highest BCUT2D eigenvalue weighted by Crippen LogP contribution is 2.18. The van der Waals surface area contributed by atoms with Crippen molar-refractivity contribution in [1.29, 1.82) is 5.26 Å². The summed E-state index contributed by atoms with van der Waals surface area (Å²) < 4.78 is 5.45. The van der Waals surface area contributed by atoms with Gasteiger partial charge in [-0.2, -0.15) is 5.26 Å². The van der Waals surface area contributed by atoms with E-state index in [-0.39, 0.29) is 17.0 Å². The van der Waals surface area contributed by atoms with E-state index < -0.39 is 0 Å². The molecule has 2 aliphatic rings. The normalized spacial score (nSPS) is 21.0. The number of pyridine rings is 1. The first kappa shape index (κ1) is 18.6. The number of aromatic amines is 1. The molecule has 7 heteroatoms. The maximum atomic E-state index is 12.6. The van der Waals surface area contributed by atoms with Gasteiger partial charge < -0.3 is 14.6 Å². The summed E-state index contributed by atoms with van der Waals surface area (Å²) in [6, 6.07) is 2.46. The molecule has 1 atom stereocenters. The van der Waals surface area contributed by atoms with Crippen molar-refractivity contribution in [2.75, 3.05) is 39.4 Å². The molecule has 0 bridgehead atoms. The van der Waals surface area contributed by atoms with Crippen LogP contribution in [0.5, 0.6) is 0 Å². The Balaban J connectivity index is 1.57. The number of aromatic nitrogens is 1. The number of hydrogen-bond acceptors (Lipinski definition) is 5. The molecule has 3 rings (SSSR count). The minimum atomic E-state index is -0.357. The van der Waals surface area contributed by atoms with Crippen LogP contribution in [-0.2, 0) is 16.0 Å². The Morgan fingerprint density at radius 3 is 2.65 bits per heavy atom. The van der Waals surface area contributed by atoms with Gasteiger partial charge in [-0.1, -0.05) is 0 Å². The van der Waals surface area contributed by atoms with E-state index in [4.69, 9.17) is 10.00 Å². The molecule has 2 fully saturated rings. The lowest BCUT2D eigenvalue weighted by Gasteiger charge is -2.37. The van der Waals surface area contributed by atoms with Crippen molar-refractivity contribution in [3.05, 3.63) is 32.7 Å². The van der Waals surface area contributed by atoms with Gasteiger partial charge in [-0.05, 0) is 37.8 Å². The molecule has 1 unspecified atom stereocenters. The fraction of sp³-hybridized carbons (Fsp3) is 0.632. The van der Waals surface area contributed by atoms with Crippen LogP contribution in [0.4, 0.5) is 0 Å². The second-order valence-corrected chi connectivity index (χ2v) is 7.10. The van der Waals surface area contributed by atoms with Crippen molar-refractivity contribution in [2.45, 2.75) is 39.2 Å². The maximum Gasteiger partial charge on any atom is 0.266 e. The van der Waals surface area contributed by atoms with Crippen LogP contribution >= 0.6 is 0 Å². The molecule has 26 heavy (non-hydrogen) atoms. The summed E-state index contributed by atoms with van der Waals surface area (Å²) in [5.41, 5.74) is 2.12. The Morgan fingerprint density at radius 2 is 2.04 bits per heavy atom. The minimum absolute atomic E-state index is 0.135.